The van der Waals surface area contributed by atoms with Crippen LogP contribution in [0, 0.1) is 0 Å². The molecule has 6 heteroatoms. The molecule has 0 saturated heterocycles. The molecule has 4 heterocycles. The van der Waals surface area contributed by atoms with Gasteiger partial charge in [0.25, 0.3) is 0 Å². The quantitative estimate of drug-likeness (QED) is 0.160. The average molecular weight is 881 g/mol. The van der Waals surface area contributed by atoms with Crippen LogP contribution in [0.25, 0.3) is 128 Å². The van der Waals surface area contributed by atoms with Crippen LogP contribution in [0.3, 0.4) is 0 Å². The van der Waals surface area contributed by atoms with Gasteiger partial charge in [0, 0.05) is 49.1 Å². The van der Waals surface area contributed by atoms with Crippen molar-refractivity contribution in [2.45, 2.75) is 0 Å². The van der Waals surface area contributed by atoms with Crippen molar-refractivity contribution in [3.05, 3.63) is 243 Å². The van der Waals surface area contributed by atoms with Gasteiger partial charge in [-0.1, -0.05) is 194 Å². The molecular weight excluding hydrogens is 841 g/mol. The number of aromatic nitrogens is 6. The molecule has 10 aromatic carbocycles. The molecule has 322 valence electrons. The minimum Gasteiger partial charge on any atom is -0.308 e. The maximum Gasteiger partial charge on any atom is 0.238 e. The monoisotopic (exact) mass is 880 g/mol. The Morgan fingerprint density at radius 3 is 1.28 bits per heavy atom. The first-order chi connectivity index (χ1) is 34.2. The summed E-state index contributed by atoms with van der Waals surface area (Å²) in [4.78, 5) is 16.1. The van der Waals surface area contributed by atoms with Crippen molar-refractivity contribution in [1.29, 1.82) is 0 Å². The molecule has 14 aromatic rings. The van der Waals surface area contributed by atoms with Gasteiger partial charge in [-0.05, 0) is 70.8 Å². The summed E-state index contributed by atoms with van der Waals surface area (Å²) in [7, 11) is 0. The predicted octanol–water partition coefficient (Wildman–Crippen LogP) is 15.8. The van der Waals surface area contributed by atoms with Crippen LogP contribution in [0.2, 0.25) is 0 Å². The van der Waals surface area contributed by atoms with E-state index in [1.807, 2.05) is 18.2 Å². The van der Waals surface area contributed by atoms with Gasteiger partial charge in [-0.15, -0.1) is 0 Å². The number of benzene rings is 10. The Morgan fingerprint density at radius 1 is 0.261 bits per heavy atom. The Kier molecular flexibility index (Phi) is 8.79. The molecule has 0 aliphatic carbocycles. The first kappa shape index (κ1) is 38.8. The third-order valence-electron chi connectivity index (χ3n) is 13.7. The zero-order valence-corrected chi connectivity index (χ0v) is 37.3. The normalized spacial score (nSPS) is 11.8. The fourth-order valence-corrected chi connectivity index (χ4v) is 10.6. The lowest BCUT2D eigenvalue weighted by Gasteiger charge is -2.15. The summed E-state index contributed by atoms with van der Waals surface area (Å²) >= 11 is 0. The molecule has 0 fully saturated rings. The molecule has 0 bridgehead atoms. The number of hydrogen-bond donors (Lipinski definition) is 0. The van der Waals surface area contributed by atoms with E-state index in [-0.39, 0.29) is 0 Å². The molecule has 0 unspecified atom stereocenters. The van der Waals surface area contributed by atoms with Crippen molar-refractivity contribution in [2.24, 2.45) is 0 Å². The van der Waals surface area contributed by atoms with Gasteiger partial charge < -0.3 is 9.13 Å². The highest BCUT2D eigenvalue weighted by atomic mass is 15.2. The third kappa shape index (κ3) is 6.16. The zero-order valence-electron chi connectivity index (χ0n) is 37.3. The average Bonchev–Trinajstić information content (AvgIpc) is 4.07. The van der Waals surface area contributed by atoms with Gasteiger partial charge in [0.05, 0.1) is 38.8 Å². The van der Waals surface area contributed by atoms with E-state index in [0.717, 1.165) is 77.5 Å². The number of rotatable bonds is 7. The van der Waals surface area contributed by atoms with Crippen LogP contribution in [-0.2, 0) is 0 Å². The SMILES string of the molecule is c1ccc(-c2cccc(-c3ccc(-c4nc(-c5ccccc5)nc(-n5c6ccccc6c6c5cc(-n5c7ccccc7c7ccccc75)c5c7ccccc7n(-c7ccccc7)c56)n4)cc3)c2)cc1. The summed E-state index contributed by atoms with van der Waals surface area (Å²) in [5.74, 6) is 1.74. The fourth-order valence-electron chi connectivity index (χ4n) is 10.6. The van der Waals surface area contributed by atoms with E-state index in [2.05, 4.69) is 238 Å². The van der Waals surface area contributed by atoms with E-state index in [1.54, 1.807) is 0 Å². The van der Waals surface area contributed by atoms with E-state index >= 15 is 0 Å². The highest BCUT2D eigenvalue weighted by Crippen LogP contribution is 2.46. The summed E-state index contributed by atoms with van der Waals surface area (Å²) in [5.41, 5.74) is 15.1. The van der Waals surface area contributed by atoms with Crippen molar-refractivity contribution < 1.29 is 0 Å². The lowest BCUT2D eigenvalue weighted by molar-refractivity contribution is 0.953. The van der Waals surface area contributed by atoms with E-state index in [0.29, 0.717) is 17.6 Å². The molecule has 4 aromatic heterocycles. The van der Waals surface area contributed by atoms with Gasteiger partial charge in [-0.25, -0.2) is 4.98 Å². The summed E-state index contributed by atoms with van der Waals surface area (Å²) in [6.07, 6.45) is 0. The van der Waals surface area contributed by atoms with Crippen LogP contribution in [0.1, 0.15) is 0 Å². The lowest BCUT2D eigenvalue weighted by atomic mass is 9.98. The van der Waals surface area contributed by atoms with Crippen molar-refractivity contribution in [2.75, 3.05) is 0 Å². The Labute approximate surface area is 397 Å². The maximum atomic E-state index is 5.45. The minimum atomic E-state index is 0.541. The van der Waals surface area contributed by atoms with Crippen LogP contribution in [0.4, 0.5) is 0 Å². The van der Waals surface area contributed by atoms with Gasteiger partial charge in [0.1, 0.15) is 0 Å². The van der Waals surface area contributed by atoms with Crippen LogP contribution >= 0.6 is 0 Å². The fraction of sp³-hybridized carbons (Fsp3) is 0. The minimum absolute atomic E-state index is 0.541. The van der Waals surface area contributed by atoms with Crippen LogP contribution < -0.4 is 0 Å². The molecule has 0 atom stereocenters. The van der Waals surface area contributed by atoms with Gasteiger partial charge in [0.2, 0.25) is 5.95 Å². The smallest absolute Gasteiger partial charge is 0.238 e. The molecule has 0 radical (unpaired) electrons. The van der Waals surface area contributed by atoms with Crippen LogP contribution in [-0.4, -0.2) is 28.7 Å². The second kappa shape index (κ2) is 15.6. The van der Waals surface area contributed by atoms with E-state index in [9.17, 15) is 0 Å². The number of fused-ring (bicyclic) bond motifs is 10. The van der Waals surface area contributed by atoms with E-state index in [1.165, 1.54) is 32.7 Å². The highest BCUT2D eigenvalue weighted by molar-refractivity contribution is 6.29. The molecule has 0 N–H and O–H groups in total. The Morgan fingerprint density at radius 2 is 0.681 bits per heavy atom. The molecule has 0 amide bonds. The van der Waals surface area contributed by atoms with Crippen LogP contribution in [0.15, 0.2) is 243 Å². The van der Waals surface area contributed by atoms with Gasteiger partial charge in [-0.2, -0.15) is 9.97 Å². The number of para-hydroxylation sites is 5. The Bertz CT molecular complexity index is 4230. The largest absolute Gasteiger partial charge is 0.308 e. The Hall–Kier alpha value is -9.39. The second-order valence-corrected chi connectivity index (χ2v) is 17.6. The van der Waals surface area contributed by atoms with Crippen molar-refractivity contribution in [3.8, 4) is 62.4 Å². The molecule has 69 heavy (non-hydrogen) atoms. The van der Waals surface area contributed by atoms with Gasteiger partial charge >= 0.3 is 0 Å². The second-order valence-electron chi connectivity index (χ2n) is 17.6. The first-order valence-corrected chi connectivity index (χ1v) is 23.4. The number of nitrogens with zero attached hydrogens (tertiary/aromatic N) is 6. The molecule has 0 aliphatic heterocycles. The first-order valence-electron chi connectivity index (χ1n) is 23.4. The summed E-state index contributed by atoms with van der Waals surface area (Å²) in [6, 6.07) is 86.2. The molecule has 0 spiro atoms. The Balaban J connectivity index is 1.07. The summed E-state index contributed by atoms with van der Waals surface area (Å²) in [6.45, 7) is 0. The molecule has 0 saturated carbocycles. The zero-order chi connectivity index (χ0) is 45.4. The molecular formula is C63H40N6. The molecule has 6 nitrogen and oxygen atoms in total. The van der Waals surface area contributed by atoms with Crippen molar-refractivity contribution in [3.63, 3.8) is 0 Å². The lowest BCUT2D eigenvalue weighted by Crippen LogP contribution is -2.07. The van der Waals surface area contributed by atoms with E-state index < -0.39 is 0 Å². The summed E-state index contributed by atoms with van der Waals surface area (Å²) < 4.78 is 7.17. The van der Waals surface area contributed by atoms with Crippen molar-refractivity contribution >= 4 is 65.4 Å². The van der Waals surface area contributed by atoms with Gasteiger partial charge in [-0.3, -0.25) is 4.57 Å². The topological polar surface area (TPSA) is 53.5 Å². The number of hydrogen-bond acceptors (Lipinski definition) is 3. The standard InChI is InChI=1S/C63H40N6/c1-4-19-41(20-5-1)45-23-18-24-46(39-45)42-35-37-44(38-36-42)62-64-61(43-21-6-2-7-22-43)65-63(66-62)69-55-34-17-13-30-51(55)59-57(69)40-56(68-52-31-14-10-27-48(52)49-28-11-15-32-53(49)68)58-50-29-12-16-33-54(50)67(60(58)59)47-25-8-3-9-26-47/h1-40H. The third-order valence-corrected chi connectivity index (χ3v) is 13.7. The van der Waals surface area contributed by atoms with Crippen molar-refractivity contribution in [1.82, 2.24) is 28.7 Å². The maximum absolute atomic E-state index is 5.45. The van der Waals surface area contributed by atoms with E-state index in [4.69, 9.17) is 15.0 Å². The van der Waals surface area contributed by atoms with Crippen LogP contribution in [0.5, 0.6) is 0 Å². The molecule has 0 aliphatic rings. The molecule has 14 rings (SSSR count). The highest BCUT2D eigenvalue weighted by Gasteiger charge is 2.27. The van der Waals surface area contributed by atoms with Gasteiger partial charge in [0.15, 0.2) is 11.6 Å². The summed E-state index contributed by atoms with van der Waals surface area (Å²) in [5, 5.41) is 6.99. The predicted molar refractivity (Wildman–Crippen MR) is 285 cm³/mol.